The van der Waals surface area contributed by atoms with E-state index in [1.165, 1.54) is 18.2 Å². The average molecular weight is 348 g/mol. The summed E-state index contributed by atoms with van der Waals surface area (Å²) in [6.45, 7) is 0. The molecule has 0 unspecified atom stereocenters. The van der Waals surface area contributed by atoms with E-state index >= 15 is 0 Å². The van der Waals surface area contributed by atoms with Gasteiger partial charge in [-0.3, -0.25) is 4.79 Å². The summed E-state index contributed by atoms with van der Waals surface area (Å²) in [7, 11) is 0. The van der Waals surface area contributed by atoms with Crippen LogP contribution in [0, 0.1) is 0 Å². The van der Waals surface area contributed by atoms with Crippen molar-refractivity contribution in [2.75, 3.05) is 11.1 Å². The van der Waals surface area contributed by atoms with Crippen LogP contribution in [0.2, 0.25) is 0 Å². The van der Waals surface area contributed by atoms with Crippen LogP contribution in [0.15, 0.2) is 42.5 Å². The van der Waals surface area contributed by atoms with Gasteiger partial charge < -0.3 is 11.1 Å². The number of carbonyl (C=O) groups excluding carboxylic acids is 1. The van der Waals surface area contributed by atoms with Crippen LogP contribution in [0.5, 0.6) is 0 Å². The molecule has 0 heterocycles. The zero-order chi connectivity index (χ0) is 18.1. The van der Waals surface area contributed by atoms with Crippen LogP contribution in [0.4, 0.5) is 37.7 Å². The lowest BCUT2D eigenvalue weighted by Crippen LogP contribution is -2.17. The fraction of sp³-hybridized carbons (Fsp3) is 0.133. The summed E-state index contributed by atoms with van der Waals surface area (Å²) in [5.74, 6) is -1.13. The van der Waals surface area contributed by atoms with Gasteiger partial charge in [0.05, 0.1) is 22.5 Å². The van der Waals surface area contributed by atoms with Gasteiger partial charge in [0.15, 0.2) is 0 Å². The topological polar surface area (TPSA) is 55.1 Å². The Labute approximate surface area is 132 Å². The third-order valence-electron chi connectivity index (χ3n) is 3.06. The van der Waals surface area contributed by atoms with Crippen molar-refractivity contribution in [3.63, 3.8) is 0 Å². The van der Waals surface area contributed by atoms with Gasteiger partial charge >= 0.3 is 12.4 Å². The molecular weight excluding hydrogens is 338 g/mol. The number of amides is 1. The maximum atomic E-state index is 12.8. The summed E-state index contributed by atoms with van der Waals surface area (Å²) in [6, 6.07) is 6.49. The molecule has 0 spiro atoms. The van der Waals surface area contributed by atoms with Crippen LogP contribution in [-0.2, 0) is 12.4 Å². The second-order valence-electron chi connectivity index (χ2n) is 4.84. The normalized spacial score (nSPS) is 12.1. The number of nitrogen functional groups attached to an aromatic ring is 1. The average Bonchev–Trinajstić information content (AvgIpc) is 2.47. The molecule has 2 rings (SSSR count). The summed E-state index contributed by atoms with van der Waals surface area (Å²) in [5, 5.41) is 2.19. The van der Waals surface area contributed by atoms with Crippen LogP contribution in [0.3, 0.4) is 0 Å². The monoisotopic (exact) mass is 348 g/mol. The Balaban J connectivity index is 2.45. The van der Waals surface area contributed by atoms with Crippen molar-refractivity contribution in [3.8, 4) is 0 Å². The Bertz CT molecular complexity index is 735. The summed E-state index contributed by atoms with van der Waals surface area (Å²) in [4.78, 5) is 12.0. The molecule has 0 atom stereocenters. The minimum absolute atomic E-state index is 0.0480. The van der Waals surface area contributed by atoms with Gasteiger partial charge in [-0.15, -0.1) is 0 Å². The van der Waals surface area contributed by atoms with Gasteiger partial charge in [-0.05, 0) is 30.3 Å². The molecule has 0 bridgehead atoms. The fourth-order valence-electron chi connectivity index (χ4n) is 1.89. The third kappa shape index (κ3) is 3.98. The lowest BCUT2D eigenvalue weighted by atomic mass is 10.0. The summed E-state index contributed by atoms with van der Waals surface area (Å²) < 4.78 is 76.6. The lowest BCUT2D eigenvalue weighted by Gasteiger charge is -2.14. The Morgan fingerprint density at radius 1 is 0.875 bits per heavy atom. The fourth-order valence-corrected chi connectivity index (χ4v) is 1.89. The SMILES string of the molecule is Nc1ccccc1NC(=O)c1cc(C(F)(F)F)cc(C(F)(F)F)c1. The molecule has 0 fully saturated rings. The van der Waals surface area contributed by atoms with Gasteiger partial charge in [0.25, 0.3) is 5.91 Å². The Morgan fingerprint density at radius 3 is 1.83 bits per heavy atom. The second kappa shape index (κ2) is 6.06. The summed E-state index contributed by atoms with van der Waals surface area (Å²) >= 11 is 0. The molecule has 0 aliphatic heterocycles. The van der Waals surface area contributed by atoms with E-state index in [0.29, 0.717) is 12.1 Å². The van der Waals surface area contributed by atoms with Crippen molar-refractivity contribution in [1.82, 2.24) is 0 Å². The number of nitrogens with one attached hydrogen (secondary N) is 1. The van der Waals surface area contributed by atoms with Gasteiger partial charge in [-0.1, -0.05) is 12.1 Å². The largest absolute Gasteiger partial charge is 0.416 e. The smallest absolute Gasteiger partial charge is 0.397 e. The van der Waals surface area contributed by atoms with E-state index in [1.54, 1.807) is 6.07 Å². The molecule has 0 aliphatic rings. The van der Waals surface area contributed by atoms with Crippen LogP contribution < -0.4 is 11.1 Å². The quantitative estimate of drug-likeness (QED) is 0.618. The predicted molar refractivity (Wildman–Crippen MR) is 75.3 cm³/mol. The summed E-state index contributed by atoms with van der Waals surface area (Å²) in [5.41, 5.74) is 1.86. The van der Waals surface area contributed by atoms with Crippen molar-refractivity contribution in [1.29, 1.82) is 0 Å². The molecule has 24 heavy (non-hydrogen) atoms. The van der Waals surface area contributed by atoms with Crippen molar-refractivity contribution in [3.05, 3.63) is 59.2 Å². The molecule has 0 aromatic heterocycles. The third-order valence-corrected chi connectivity index (χ3v) is 3.06. The minimum Gasteiger partial charge on any atom is -0.397 e. The standard InChI is InChI=1S/C15H10F6N2O/c16-14(17,18)9-5-8(6-10(7-9)15(19,20)21)13(24)23-12-4-2-1-3-11(12)22/h1-7H,22H2,(H,23,24). The second-order valence-corrected chi connectivity index (χ2v) is 4.84. The van der Waals surface area contributed by atoms with Crippen LogP contribution in [-0.4, -0.2) is 5.91 Å². The Morgan fingerprint density at radius 2 is 1.38 bits per heavy atom. The lowest BCUT2D eigenvalue weighted by molar-refractivity contribution is -0.143. The highest BCUT2D eigenvalue weighted by Crippen LogP contribution is 2.36. The van der Waals surface area contributed by atoms with Crippen molar-refractivity contribution in [2.45, 2.75) is 12.4 Å². The predicted octanol–water partition coefficient (Wildman–Crippen LogP) is 4.56. The van der Waals surface area contributed by atoms with E-state index < -0.39 is 35.0 Å². The first-order valence-corrected chi connectivity index (χ1v) is 6.44. The maximum absolute atomic E-state index is 12.8. The van der Waals surface area contributed by atoms with Crippen LogP contribution in [0.1, 0.15) is 21.5 Å². The number of rotatable bonds is 2. The number of hydrogen-bond donors (Lipinski definition) is 2. The van der Waals surface area contributed by atoms with Crippen LogP contribution >= 0.6 is 0 Å². The number of benzene rings is 2. The molecule has 0 saturated carbocycles. The van der Waals surface area contributed by atoms with E-state index in [-0.39, 0.29) is 17.4 Å². The van der Waals surface area contributed by atoms with E-state index in [9.17, 15) is 31.1 Å². The molecule has 3 N–H and O–H groups in total. The zero-order valence-electron chi connectivity index (χ0n) is 11.8. The molecule has 128 valence electrons. The first-order chi connectivity index (χ1) is 11.0. The number of nitrogens with two attached hydrogens (primary N) is 1. The number of para-hydroxylation sites is 2. The first-order valence-electron chi connectivity index (χ1n) is 6.44. The molecule has 0 radical (unpaired) electrons. The molecule has 3 nitrogen and oxygen atoms in total. The van der Waals surface area contributed by atoms with Gasteiger partial charge in [0.2, 0.25) is 0 Å². The van der Waals surface area contributed by atoms with Gasteiger partial charge in [-0.2, -0.15) is 26.3 Å². The first kappa shape index (κ1) is 17.6. The molecule has 9 heteroatoms. The van der Waals surface area contributed by atoms with Gasteiger partial charge in [0.1, 0.15) is 0 Å². The maximum Gasteiger partial charge on any atom is 0.416 e. The number of hydrogen-bond acceptors (Lipinski definition) is 2. The highest BCUT2D eigenvalue weighted by molar-refractivity contribution is 6.06. The number of alkyl halides is 6. The van der Waals surface area contributed by atoms with Crippen molar-refractivity contribution in [2.24, 2.45) is 0 Å². The highest BCUT2D eigenvalue weighted by Gasteiger charge is 2.37. The highest BCUT2D eigenvalue weighted by atomic mass is 19.4. The van der Waals surface area contributed by atoms with Crippen molar-refractivity contribution >= 4 is 17.3 Å². The molecule has 0 saturated heterocycles. The Kier molecular flexibility index (Phi) is 4.46. The molecule has 2 aromatic carbocycles. The van der Waals surface area contributed by atoms with Crippen LogP contribution in [0.25, 0.3) is 0 Å². The molecule has 2 aromatic rings. The minimum atomic E-state index is -5.03. The van der Waals surface area contributed by atoms with E-state index in [4.69, 9.17) is 5.73 Å². The Hall–Kier alpha value is -2.71. The molecular formula is C15H10F6N2O. The van der Waals surface area contributed by atoms with Gasteiger partial charge in [-0.25, -0.2) is 0 Å². The number of halogens is 6. The van der Waals surface area contributed by atoms with Crippen molar-refractivity contribution < 1.29 is 31.1 Å². The molecule has 1 amide bonds. The van der Waals surface area contributed by atoms with E-state index in [0.717, 1.165) is 0 Å². The van der Waals surface area contributed by atoms with Gasteiger partial charge in [0, 0.05) is 5.56 Å². The number of anilines is 2. The zero-order valence-corrected chi connectivity index (χ0v) is 11.8. The molecule has 0 aliphatic carbocycles. The number of carbonyl (C=O) groups is 1. The van der Waals surface area contributed by atoms with E-state index in [1.807, 2.05) is 0 Å². The summed E-state index contributed by atoms with van der Waals surface area (Å²) in [6.07, 6.45) is -10.1. The van der Waals surface area contributed by atoms with E-state index in [2.05, 4.69) is 5.32 Å².